The summed E-state index contributed by atoms with van der Waals surface area (Å²) < 4.78 is 12.4. The number of rotatable bonds is 5. The van der Waals surface area contributed by atoms with Crippen molar-refractivity contribution in [2.75, 3.05) is 0 Å². The van der Waals surface area contributed by atoms with Gasteiger partial charge in [0.25, 0.3) is 6.29 Å². The van der Waals surface area contributed by atoms with Gasteiger partial charge in [-0.05, 0) is 59.0 Å². The summed E-state index contributed by atoms with van der Waals surface area (Å²) >= 11 is 0. The molecule has 0 bridgehead atoms. The highest BCUT2D eigenvalue weighted by atomic mass is 16.7. The van der Waals surface area contributed by atoms with Crippen LogP contribution in [-0.4, -0.2) is 0 Å². The standard InChI is InChI=1S/C26H20O2/c1-3-10-22(11-4-1)27-26(28-23-12-5-2-6-13-23)20-15-16-25-21(18-20)17-19-9-7-8-14-24(19)25/h1-16,18,26H,17H2. The third-order valence-electron chi connectivity index (χ3n) is 5.06. The van der Waals surface area contributed by atoms with Crippen LogP contribution in [0.2, 0.25) is 0 Å². The normalized spacial score (nSPS) is 11.8. The van der Waals surface area contributed by atoms with E-state index < -0.39 is 6.29 Å². The Bertz CT molecular complexity index is 1050. The molecule has 2 nitrogen and oxygen atoms in total. The van der Waals surface area contributed by atoms with Crippen molar-refractivity contribution in [1.82, 2.24) is 0 Å². The lowest BCUT2D eigenvalue weighted by molar-refractivity contribution is 0.00378. The Labute approximate surface area is 165 Å². The highest BCUT2D eigenvalue weighted by Crippen LogP contribution is 2.38. The molecule has 0 heterocycles. The second kappa shape index (κ2) is 7.24. The van der Waals surface area contributed by atoms with E-state index in [1.54, 1.807) is 0 Å². The number of hydrogen-bond acceptors (Lipinski definition) is 2. The van der Waals surface area contributed by atoms with Gasteiger partial charge in [-0.3, -0.25) is 0 Å². The predicted octanol–water partition coefficient (Wildman–Crippen LogP) is 6.41. The molecule has 0 unspecified atom stereocenters. The summed E-state index contributed by atoms with van der Waals surface area (Å²) in [4.78, 5) is 0. The van der Waals surface area contributed by atoms with Crippen LogP contribution < -0.4 is 9.47 Å². The van der Waals surface area contributed by atoms with E-state index in [0.29, 0.717) is 0 Å². The highest BCUT2D eigenvalue weighted by molar-refractivity contribution is 5.77. The molecule has 4 aromatic carbocycles. The van der Waals surface area contributed by atoms with E-state index in [1.807, 2.05) is 60.7 Å². The maximum Gasteiger partial charge on any atom is 0.267 e. The van der Waals surface area contributed by atoms with Crippen LogP contribution in [0.3, 0.4) is 0 Å². The van der Waals surface area contributed by atoms with Crippen LogP contribution >= 0.6 is 0 Å². The van der Waals surface area contributed by atoms with Crippen molar-refractivity contribution >= 4 is 0 Å². The molecule has 0 amide bonds. The Morgan fingerprint density at radius 1 is 0.536 bits per heavy atom. The van der Waals surface area contributed by atoms with Crippen LogP contribution in [0, 0.1) is 0 Å². The molecule has 1 aliphatic carbocycles. The molecule has 2 heteroatoms. The van der Waals surface area contributed by atoms with Crippen molar-refractivity contribution < 1.29 is 9.47 Å². The maximum atomic E-state index is 6.22. The Balaban J connectivity index is 1.49. The van der Waals surface area contributed by atoms with E-state index in [-0.39, 0.29) is 0 Å². The van der Waals surface area contributed by atoms with E-state index in [0.717, 1.165) is 23.5 Å². The minimum absolute atomic E-state index is 0.515. The Morgan fingerprint density at radius 2 is 1.11 bits per heavy atom. The van der Waals surface area contributed by atoms with Crippen molar-refractivity contribution in [2.24, 2.45) is 0 Å². The molecule has 0 aromatic heterocycles. The summed E-state index contributed by atoms with van der Waals surface area (Å²) in [6.45, 7) is 0. The van der Waals surface area contributed by atoms with Crippen LogP contribution in [0.25, 0.3) is 11.1 Å². The van der Waals surface area contributed by atoms with Gasteiger partial charge in [0.05, 0.1) is 0 Å². The van der Waals surface area contributed by atoms with E-state index in [4.69, 9.17) is 9.47 Å². The number of benzene rings is 4. The molecular weight excluding hydrogens is 344 g/mol. The number of ether oxygens (including phenoxy) is 2. The van der Waals surface area contributed by atoms with Gasteiger partial charge in [0.1, 0.15) is 11.5 Å². The average molecular weight is 364 g/mol. The van der Waals surface area contributed by atoms with Gasteiger partial charge >= 0.3 is 0 Å². The number of fused-ring (bicyclic) bond motifs is 3. The maximum absolute atomic E-state index is 6.22. The molecule has 0 saturated heterocycles. The molecule has 4 aromatic rings. The first-order valence-corrected chi connectivity index (χ1v) is 9.51. The number of para-hydroxylation sites is 2. The fourth-order valence-electron chi connectivity index (χ4n) is 3.72. The van der Waals surface area contributed by atoms with Crippen molar-refractivity contribution in [3.8, 4) is 22.6 Å². The molecule has 136 valence electrons. The quantitative estimate of drug-likeness (QED) is 0.335. The van der Waals surface area contributed by atoms with E-state index >= 15 is 0 Å². The van der Waals surface area contributed by atoms with Crippen molar-refractivity contribution in [3.63, 3.8) is 0 Å². The molecule has 0 radical (unpaired) electrons. The van der Waals surface area contributed by atoms with Gasteiger partial charge < -0.3 is 9.47 Å². The first-order valence-electron chi connectivity index (χ1n) is 9.51. The van der Waals surface area contributed by atoms with Crippen molar-refractivity contribution in [1.29, 1.82) is 0 Å². The molecule has 0 spiro atoms. The Kier molecular flexibility index (Phi) is 4.30. The molecule has 0 saturated carbocycles. The molecule has 1 aliphatic rings. The summed E-state index contributed by atoms with van der Waals surface area (Å²) in [5.74, 6) is 1.57. The second-order valence-corrected chi connectivity index (χ2v) is 6.94. The van der Waals surface area contributed by atoms with Crippen molar-refractivity contribution in [2.45, 2.75) is 12.7 Å². The monoisotopic (exact) mass is 364 g/mol. The minimum atomic E-state index is -0.515. The smallest absolute Gasteiger partial charge is 0.267 e. The average Bonchev–Trinajstić information content (AvgIpc) is 3.12. The topological polar surface area (TPSA) is 18.5 Å². The van der Waals surface area contributed by atoms with Gasteiger partial charge in [-0.2, -0.15) is 0 Å². The van der Waals surface area contributed by atoms with E-state index in [2.05, 4.69) is 42.5 Å². The van der Waals surface area contributed by atoms with E-state index in [9.17, 15) is 0 Å². The molecular formula is C26H20O2. The van der Waals surface area contributed by atoms with Crippen LogP contribution in [0.1, 0.15) is 23.0 Å². The minimum Gasteiger partial charge on any atom is -0.451 e. The van der Waals surface area contributed by atoms with Crippen LogP contribution in [0.4, 0.5) is 0 Å². The summed E-state index contributed by atoms with van der Waals surface area (Å²) in [5.41, 5.74) is 6.33. The lowest BCUT2D eigenvalue weighted by Gasteiger charge is -2.21. The lowest BCUT2D eigenvalue weighted by Crippen LogP contribution is -2.15. The van der Waals surface area contributed by atoms with Crippen LogP contribution in [-0.2, 0) is 6.42 Å². The SMILES string of the molecule is c1ccc(OC(Oc2ccccc2)c2ccc3c(c2)Cc2ccccc2-3)cc1. The fourth-order valence-corrected chi connectivity index (χ4v) is 3.72. The van der Waals surface area contributed by atoms with Gasteiger partial charge in [0.15, 0.2) is 0 Å². The summed E-state index contributed by atoms with van der Waals surface area (Å²) in [6.07, 6.45) is 0.432. The van der Waals surface area contributed by atoms with Gasteiger partial charge in [0, 0.05) is 5.56 Å². The fraction of sp³-hybridized carbons (Fsp3) is 0.0769. The second-order valence-electron chi connectivity index (χ2n) is 6.94. The summed E-state index contributed by atoms with van der Waals surface area (Å²) in [5, 5.41) is 0. The van der Waals surface area contributed by atoms with Crippen molar-refractivity contribution in [3.05, 3.63) is 120 Å². The summed E-state index contributed by atoms with van der Waals surface area (Å²) in [7, 11) is 0. The third kappa shape index (κ3) is 3.25. The lowest BCUT2D eigenvalue weighted by atomic mass is 10.0. The zero-order valence-corrected chi connectivity index (χ0v) is 15.4. The molecule has 28 heavy (non-hydrogen) atoms. The van der Waals surface area contributed by atoms with Gasteiger partial charge in [-0.15, -0.1) is 0 Å². The van der Waals surface area contributed by atoms with Crippen LogP contribution in [0.5, 0.6) is 11.5 Å². The first-order chi connectivity index (χ1) is 13.9. The summed E-state index contributed by atoms with van der Waals surface area (Å²) in [6, 6.07) is 34.7. The zero-order chi connectivity index (χ0) is 18.8. The Morgan fingerprint density at radius 3 is 1.79 bits per heavy atom. The highest BCUT2D eigenvalue weighted by Gasteiger charge is 2.22. The predicted molar refractivity (Wildman–Crippen MR) is 112 cm³/mol. The van der Waals surface area contributed by atoms with Gasteiger partial charge in [-0.25, -0.2) is 0 Å². The third-order valence-corrected chi connectivity index (χ3v) is 5.06. The van der Waals surface area contributed by atoms with E-state index in [1.165, 1.54) is 22.3 Å². The molecule has 0 N–H and O–H groups in total. The van der Waals surface area contributed by atoms with Crippen LogP contribution in [0.15, 0.2) is 103 Å². The van der Waals surface area contributed by atoms with Gasteiger partial charge in [-0.1, -0.05) is 72.8 Å². The molecule has 0 aliphatic heterocycles. The van der Waals surface area contributed by atoms with Gasteiger partial charge in [0.2, 0.25) is 0 Å². The first kappa shape index (κ1) is 16.6. The molecule has 5 rings (SSSR count). The molecule has 0 atom stereocenters. The largest absolute Gasteiger partial charge is 0.451 e. The zero-order valence-electron chi connectivity index (χ0n) is 15.4. The molecule has 0 fully saturated rings. The number of hydrogen-bond donors (Lipinski definition) is 0. The Hall–Kier alpha value is -3.52.